The topological polar surface area (TPSA) is 41.1 Å². The molecule has 0 bridgehead atoms. The van der Waals surface area contributed by atoms with Gasteiger partial charge in [-0.25, -0.2) is 9.97 Å². The van der Waals surface area contributed by atoms with Crippen molar-refractivity contribution in [3.8, 4) is 0 Å². The summed E-state index contributed by atoms with van der Waals surface area (Å²) < 4.78 is 39.0. The van der Waals surface area contributed by atoms with Crippen molar-refractivity contribution >= 4 is 16.7 Å². The molecule has 3 rings (SSSR count). The molecular weight excluding hydrogens is 281 g/mol. The molecule has 2 heterocycles. The highest BCUT2D eigenvalue weighted by Crippen LogP contribution is 2.32. The zero-order valence-electron chi connectivity index (χ0n) is 11.5. The van der Waals surface area contributed by atoms with Crippen LogP contribution in [0, 0.1) is 6.92 Å². The van der Waals surface area contributed by atoms with Crippen molar-refractivity contribution < 1.29 is 13.2 Å². The predicted octanol–water partition coefficient (Wildman–Crippen LogP) is 2.37. The van der Waals surface area contributed by atoms with Crippen molar-refractivity contribution in [1.82, 2.24) is 15.3 Å². The van der Waals surface area contributed by atoms with Gasteiger partial charge in [-0.2, -0.15) is 13.2 Å². The van der Waals surface area contributed by atoms with Crippen LogP contribution in [0.2, 0.25) is 0 Å². The molecular formula is C14H15F3N4. The van der Waals surface area contributed by atoms with Crippen molar-refractivity contribution in [3.05, 3.63) is 29.6 Å². The monoisotopic (exact) mass is 296 g/mol. The van der Waals surface area contributed by atoms with Crippen molar-refractivity contribution in [2.75, 3.05) is 31.1 Å². The lowest BCUT2D eigenvalue weighted by Gasteiger charge is -2.29. The molecule has 0 atom stereocenters. The second-order valence-corrected chi connectivity index (χ2v) is 5.13. The molecule has 1 N–H and O–H groups in total. The van der Waals surface area contributed by atoms with Crippen LogP contribution in [0.1, 0.15) is 11.4 Å². The van der Waals surface area contributed by atoms with E-state index >= 15 is 0 Å². The fourth-order valence-electron chi connectivity index (χ4n) is 2.47. The SMILES string of the molecule is Cc1ccc2nc(C(F)(F)F)nc(N3CCNCC3)c2c1. The summed E-state index contributed by atoms with van der Waals surface area (Å²) >= 11 is 0. The fourth-order valence-corrected chi connectivity index (χ4v) is 2.47. The third-order valence-corrected chi connectivity index (χ3v) is 3.50. The summed E-state index contributed by atoms with van der Waals surface area (Å²) in [6.45, 7) is 4.64. The van der Waals surface area contributed by atoms with E-state index in [1.807, 2.05) is 17.9 Å². The van der Waals surface area contributed by atoms with Gasteiger partial charge in [0.25, 0.3) is 0 Å². The Labute approximate surface area is 120 Å². The van der Waals surface area contributed by atoms with E-state index in [0.29, 0.717) is 29.8 Å². The maximum absolute atomic E-state index is 13.0. The van der Waals surface area contributed by atoms with E-state index in [0.717, 1.165) is 18.7 Å². The van der Waals surface area contributed by atoms with Gasteiger partial charge in [0.2, 0.25) is 5.82 Å². The van der Waals surface area contributed by atoms with E-state index < -0.39 is 12.0 Å². The number of benzene rings is 1. The van der Waals surface area contributed by atoms with Crippen LogP contribution in [0.15, 0.2) is 18.2 Å². The van der Waals surface area contributed by atoms with E-state index in [4.69, 9.17) is 0 Å². The van der Waals surface area contributed by atoms with Gasteiger partial charge < -0.3 is 10.2 Å². The number of alkyl halides is 3. The van der Waals surface area contributed by atoms with Crippen LogP contribution in [0.4, 0.5) is 19.0 Å². The average Bonchev–Trinajstić information content (AvgIpc) is 2.46. The predicted molar refractivity (Wildman–Crippen MR) is 74.4 cm³/mol. The lowest BCUT2D eigenvalue weighted by atomic mass is 10.1. The Balaban J connectivity index is 2.20. The van der Waals surface area contributed by atoms with Gasteiger partial charge in [-0.3, -0.25) is 0 Å². The Bertz CT molecular complexity index is 663. The molecule has 112 valence electrons. The van der Waals surface area contributed by atoms with E-state index in [1.54, 1.807) is 12.1 Å². The first kappa shape index (κ1) is 14.1. The Kier molecular flexibility index (Phi) is 3.44. The maximum Gasteiger partial charge on any atom is 0.451 e. The molecule has 1 saturated heterocycles. The minimum atomic E-state index is -4.54. The smallest absolute Gasteiger partial charge is 0.353 e. The minimum absolute atomic E-state index is 0.330. The molecule has 4 nitrogen and oxygen atoms in total. The number of piperazine rings is 1. The van der Waals surface area contributed by atoms with Crippen molar-refractivity contribution in [2.45, 2.75) is 13.1 Å². The molecule has 1 aliphatic heterocycles. The van der Waals surface area contributed by atoms with Crippen LogP contribution in [-0.2, 0) is 6.18 Å². The molecule has 1 aromatic carbocycles. The number of hydrogen-bond donors (Lipinski definition) is 1. The zero-order chi connectivity index (χ0) is 15.0. The minimum Gasteiger partial charge on any atom is -0.353 e. The maximum atomic E-state index is 13.0. The average molecular weight is 296 g/mol. The first-order valence-corrected chi connectivity index (χ1v) is 6.76. The first-order chi connectivity index (χ1) is 9.95. The van der Waals surface area contributed by atoms with Crippen LogP contribution < -0.4 is 10.2 Å². The van der Waals surface area contributed by atoms with Gasteiger partial charge >= 0.3 is 6.18 Å². The lowest BCUT2D eigenvalue weighted by Crippen LogP contribution is -2.44. The Morgan fingerprint density at radius 2 is 1.86 bits per heavy atom. The normalized spacial score (nSPS) is 16.5. The zero-order valence-corrected chi connectivity index (χ0v) is 11.5. The molecule has 2 aromatic rings. The number of anilines is 1. The van der Waals surface area contributed by atoms with E-state index in [1.165, 1.54) is 0 Å². The molecule has 7 heteroatoms. The largest absolute Gasteiger partial charge is 0.451 e. The molecule has 1 aromatic heterocycles. The number of fused-ring (bicyclic) bond motifs is 1. The second kappa shape index (κ2) is 5.14. The Morgan fingerprint density at radius 1 is 1.14 bits per heavy atom. The van der Waals surface area contributed by atoms with Crippen LogP contribution >= 0.6 is 0 Å². The van der Waals surface area contributed by atoms with Crippen molar-refractivity contribution in [2.24, 2.45) is 0 Å². The molecule has 0 aliphatic carbocycles. The number of rotatable bonds is 1. The van der Waals surface area contributed by atoms with Crippen molar-refractivity contribution in [3.63, 3.8) is 0 Å². The van der Waals surface area contributed by atoms with Gasteiger partial charge in [0.15, 0.2) is 0 Å². The van der Waals surface area contributed by atoms with Gasteiger partial charge in [0, 0.05) is 31.6 Å². The molecule has 0 amide bonds. The summed E-state index contributed by atoms with van der Waals surface area (Å²) in [4.78, 5) is 9.35. The molecule has 21 heavy (non-hydrogen) atoms. The highest BCUT2D eigenvalue weighted by molar-refractivity contribution is 5.90. The summed E-state index contributed by atoms with van der Waals surface area (Å²) in [6.07, 6.45) is -4.54. The second-order valence-electron chi connectivity index (χ2n) is 5.13. The number of nitrogens with zero attached hydrogens (tertiary/aromatic N) is 3. The molecule has 0 spiro atoms. The Morgan fingerprint density at radius 3 is 2.52 bits per heavy atom. The number of halogens is 3. The van der Waals surface area contributed by atoms with E-state index in [2.05, 4.69) is 15.3 Å². The first-order valence-electron chi connectivity index (χ1n) is 6.76. The standard InChI is InChI=1S/C14H15F3N4/c1-9-2-3-11-10(8-9)12(21-6-4-18-5-7-21)20-13(19-11)14(15,16)17/h2-3,8,18H,4-7H2,1H3. The Hall–Kier alpha value is -1.89. The molecule has 0 unspecified atom stereocenters. The van der Waals surface area contributed by atoms with Crippen LogP contribution in [-0.4, -0.2) is 36.1 Å². The quantitative estimate of drug-likeness (QED) is 0.877. The molecule has 1 fully saturated rings. The van der Waals surface area contributed by atoms with Crippen LogP contribution in [0.3, 0.4) is 0 Å². The van der Waals surface area contributed by atoms with Gasteiger partial charge in [-0.15, -0.1) is 0 Å². The highest BCUT2D eigenvalue weighted by atomic mass is 19.4. The lowest BCUT2D eigenvalue weighted by molar-refractivity contribution is -0.144. The highest BCUT2D eigenvalue weighted by Gasteiger charge is 2.36. The number of hydrogen-bond acceptors (Lipinski definition) is 4. The van der Waals surface area contributed by atoms with Gasteiger partial charge in [-0.1, -0.05) is 11.6 Å². The van der Waals surface area contributed by atoms with E-state index in [-0.39, 0.29) is 0 Å². The third-order valence-electron chi connectivity index (χ3n) is 3.50. The summed E-state index contributed by atoms with van der Waals surface area (Å²) in [5, 5.41) is 3.85. The third kappa shape index (κ3) is 2.78. The van der Waals surface area contributed by atoms with Crippen LogP contribution in [0.25, 0.3) is 10.9 Å². The van der Waals surface area contributed by atoms with Crippen molar-refractivity contribution in [1.29, 1.82) is 0 Å². The van der Waals surface area contributed by atoms with Gasteiger partial charge in [0.1, 0.15) is 5.82 Å². The van der Waals surface area contributed by atoms with Gasteiger partial charge in [0.05, 0.1) is 5.52 Å². The number of nitrogens with one attached hydrogen (secondary N) is 1. The van der Waals surface area contributed by atoms with E-state index in [9.17, 15) is 13.2 Å². The van der Waals surface area contributed by atoms with Crippen LogP contribution in [0.5, 0.6) is 0 Å². The number of aryl methyl sites for hydroxylation is 1. The fraction of sp³-hybridized carbons (Fsp3) is 0.429. The number of aromatic nitrogens is 2. The summed E-state index contributed by atoms with van der Waals surface area (Å²) in [7, 11) is 0. The molecule has 0 radical (unpaired) electrons. The molecule has 1 aliphatic rings. The van der Waals surface area contributed by atoms with Gasteiger partial charge in [-0.05, 0) is 19.1 Å². The summed E-state index contributed by atoms with van der Waals surface area (Å²) in [5.74, 6) is -0.704. The summed E-state index contributed by atoms with van der Waals surface area (Å²) in [6, 6.07) is 5.22. The molecule has 0 saturated carbocycles. The summed E-state index contributed by atoms with van der Waals surface area (Å²) in [5.41, 5.74) is 1.30.